The second kappa shape index (κ2) is 7.42. The van der Waals surface area contributed by atoms with Gasteiger partial charge in [0.2, 0.25) is 0 Å². The summed E-state index contributed by atoms with van der Waals surface area (Å²) in [5.41, 5.74) is 3.78. The SMILES string of the molecule is CCC(CC)NCCOc1c(C)ccc(C)c1C. The summed E-state index contributed by atoms with van der Waals surface area (Å²) >= 11 is 0. The topological polar surface area (TPSA) is 21.3 Å². The molecule has 0 aliphatic rings. The highest BCUT2D eigenvalue weighted by atomic mass is 16.5. The van der Waals surface area contributed by atoms with Gasteiger partial charge in [0.15, 0.2) is 0 Å². The van der Waals surface area contributed by atoms with Crippen LogP contribution in [0, 0.1) is 20.8 Å². The molecule has 0 unspecified atom stereocenters. The molecule has 0 aliphatic carbocycles. The van der Waals surface area contributed by atoms with E-state index in [1.165, 1.54) is 29.5 Å². The van der Waals surface area contributed by atoms with Crippen LogP contribution in [-0.4, -0.2) is 19.2 Å². The predicted octanol–water partition coefficient (Wildman–Crippen LogP) is 3.77. The fourth-order valence-electron chi connectivity index (χ4n) is 2.14. The first kappa shape index (κ1) is 15.0. The number of aryl methyl sites for hydroxylation is 2. The summed E-state index contributed by atoms with van der Waals surface area (Å²) in [6, 6.07) is 4.90. The van der Waals surface area contributed by atoms with Gasteiger partial charge in [0.25, 0.3) is 0 Å². The van der Waals surface area contributed by atoms with Crippen molar-refractivity contribution in [2.45, 2.75) is 53.5 Å². The molecule has 1 aromatic carbocycles. The average molecular weight is 249 g/mol. The lowest BCUT2D eigenvalue weighted by Gasteiger charge is -2.17. The Balaban J connectivity index is 2.47. The molecule has 102 valence electrons. The van der Waals surface area contributed by atoms with Gasteiger partial charge in [-0.3, -0.25) is 0 Å². The number of benzene rings is 1. The summed E-state index contributed by atoms with van der Waals surface area (Å²) in [4.78, 5) is 0. The molecule has 0 aliphatic heterocycles. The number of nitrogens with one attached hydrogen (secondary N) is 1. The second-order valence-corrected chi connectivity index (χ2v) is 4.97. The third-order valence-corrected chi connectivity index (χ3v) is 3.64. The van der Waals surface area contributed by atoms with E-state index in [9.17, 15) is 0 Å². The van der Waals surface area contributed by atoms with E-state index in [0.717, 1.165) is 18.9 Å². The zero-order valence-corrected chi connectivity index (χ0v) is 12.5. The highest BCUT2D eigenvalue weighted by Crippen LogP contribution is 2.25. The van der Waals surface area contributed by atoms with Gasteiger partial charge < -0.3 is 10.1 Å². The van der Waals surface area contributed by atoms with E-state index >= 15 is 0 Å². The Morgan fingerprint density at radius 2 is 1.67 bits per heavy atom. The molecule has 0 saturated carbocycles. The van der Waals surface area contributed by atoms with Gasteiger partial charge in [-0.1, -0.05) is 26.0 Å². The van der Waals surface area contributed by atoms with Crippen molar-refractivity contribution in [2.75, 3.05) is 13.2 Å². The molecule has 0 fully saturated rings. The van der Waals surface area contributed by atoms with Crippen molar-refractivity contribution in [3.63, 3.8) is 0 Å². The molecule has 18 heavy (non-hydrogen) atoms. The Kier molecular flexibility index (Phi) is 6.20. The zero-order chi connectivity index (χ0) is 13.5. The van der Waals surface area contributed by atoms with E-state index in [1.807, 2.05) is 0 Å². The molecular weight excluding hydrogens is 222 g/mol. The van der Waals surface area contributed by atoms with E-state index in [2.05, 4.69) is 52.1 Å². The van der Waals surface area contributed by atoms with Gasteiger partial charge in [-0.25, -0.2) is 0 Å². The summed E-state index contributed by atoms with van der Waals surface area (Å²) in [5.74, 6) is 1.06. The monoisotopic (exact) mass is 249 g/mol. The number of rotatable bonds is 7. The maximum absolute atomic E-state index is 5.93. The molecule has 0 saturated heterocycles. The van der Waals surface area contributed by atoms with Crippen LogP contribution in [-0.2, 0) is 0 Å². The minimum atomic E-state index is 0.619. The minimum absolute atomic E-state index is 0.619. The number of ether oxygens (including phenoxy) is 1. The molecule has 0 bridgehead atoms. The van der Waals surface area contributed by atoms with E-state index < -0.39 is 0 Å². The highest BCUT2D eigenvalue weighted by molar-refractivity contribution is 5.44. The van der Waals surface area contributed by atoms with Crippen molar-refractivity contribution >= 4 is 0 Å². The Hall–Kier alpha value is -1.02. The van der Waals surface area contributed by atoms with Gasteiger partial charge in [-0.05, 0) is 50.3 Å². The van der Waals surface area contributed by atoms with Crippen molar-refractivity contribution in [3.05, 3.63) is 28.8 Å². The van der Waals surface area contributed by atoms with Crippen LogP contribution >= 0.6 is 0 Å². The normalized spacial score (nSPS) is 11.0. The van der Waals surface area contributed by atoms with Crippen LogP contribution in [0.4, 0.5) is 0 Å². The summed E-state index contributed by atoms with van der Waals surface area (Å²) in [6.45, 7) is 12.5. The van der Waals surface area contributed by atoms with Gasteiger partial charge in [0, 0.05) is 12.6 Å². The van der Waals surface area contributed by atoms with Gasteiger partial charge in [0.05, 0.1) is 0 Å². The lowest BCUT2D eigenvalue weighted by Crippen LogP contribution is -2.31. The molecule has 0 atom stereocenters. The van der Waals surface area contributed by atoms with Crippen LogP contribution in [0.3, 0.4) is 0 Å². The molecule has 0 radical (unpaired) electrons. The summed E-state index contributed by atoms with van der Waals surface area (Å²) in [6.07, 6.45) is 2.36. The van der Waals surface area contributed by atoms with Crippen molar-refractivity contribution in [1.82, 2.24) is 5.32 Å². The molecule has 0 amide bonds. The van der Waals surface area contributed by atoms with Crippen LogP contribution in [0.2, 0.25) is 0 Å². The molecule has 0 aromatic heterocycles. The van der Waals surface area contributed by atoms with Crippen LogP contribution in [0.15, 0.2) is 12.1 Å². The molecular formula is C16H27NO. The first-order chi connectivity index (χ1) is 8.60. The zero-order valence-electron chi connectivity index (χ0n) is 12.5. The smallest absolute Gasteiger partial charge is 0.125 e. The Morgan fingerprint density at radius 3 is 2.28 bits per heavy atom. The van der Waals surface area contributed by atoms with Gasteiger partial charge in [-0.15, -0.1) is 0 Å². The Bertz CT molecular complexity index is 370. The maximum Gasteiger partial charge on any atom is 0.125 e. The molecule has 2 heteroatoms. The first-order valence-corrected chi connectivity index (χ1v) is 7.03. The fourth-order valence-corrected chi connectivity index (χ4v) is 2.14. The van der Waals surface area contributed by atoms with E-state index in [-0.39, 0.29) is 0 Å². The van der Waals surface area contributed by atoms with Gasteiger partial charge in [0.1, 0.15) is 12.4 Å². The van der Waals surface area contributed by atoms with Crippen LogP contribution < -0.4 is 10.1 Å². The minimum Gasteiger partial charge on any atom is -0.492 e. The molecule has 1 aromatic rings. The third kappa shape index (κ3) is 4.02. The molecule has 0 heterocycles. The Labute approximate surface area is 112 Å². The van der Waals surface area contributed by atoms with Crippen molar-refractivity contribution in [3.8, 4) is 5.75 Å². The van der Waals surface area contributed by atoms with Crippen molar-refractivity contribution < 1.29 is 4.74 Å². The summed E-state index contributed by atoms with van der Waals surface area (Å²) in [7, 11) is 0. The lowest BCUT2D eigenvalue weighted by atomic mass is 10.1. The van der Waals surface area contributed by atoms with Crippen LogP contribution in [0.5, 0.6) is 5.75 Å². The van der Waals surface area contributed by atoms with Crippen molar-refractivity contribution in [2.24, 2.45) is 0 Å². The van der Waals surface area contributed by atoms with Gasteiger partial charge >= 0.3 is 0 Å². The third-order valence-electron chi connectivity index (χ3n) is 3.64. The summed E-state index contributed by atoms with van der Waals surface area (Å²) in [5, 5.41) is 3.52. The lowest BCUT2D eigenvalue weighted by molar-refractivity contribution is 0.298. The first-order valence-electron chi connectivity index (χ1n) is 7.03. The predicted molar refractivity (Wildman–Crippen MR) is 78.5 cm³/mol. The largest absolute Gasteiger partial charge is 0.492 e. The maximum atomic E-state index is 5.93. The van der Waals surface area contributed by atoms with E-state index in [0.29, 0.717) is 6.04 Å². The Morgan fingerprint density at radius 1 is 1.06 bits per heavy atom. The fraction of sp³-hybridized carbons (Fsp3) is 0.625. The van der Waals surface area contributed by atoms with E-state index in [4.69, 9.17) is 4.74 Å². The quantitative estimate of drug-likeness (QED) is 0.743. The molecule has 1 N–H and O–H groups in total. The molecule has 0 spiro atoms. The molecule has 2 nitrogen and oxygen atoms in total. The van der Waals surface area contributed by atoms with Crippen LogP contribution in [0.25, 0.3) is 0 Å². The molecule has 1 rings (SSSR count). The standard InChI is InChI=1S/C16H27NO/c1-6-15(7-2)17-10-11-18-16-13(4)9-8-12(3)14(16)5/h8-9,15,17H,6-7,10-11H2,1-5H3. The van der Waals surface area contributed by atoms with Crippen LogP contribution in [0.1, 0.15) is 43.4 Å². The number of hydrogen-bond acceptors (Lipinski definition) is 2. The average Bonchev–Trinajstić information content (AvgIpc) is 2.38. The van der Waals surface area contributed by atoms with Crippen molar-refractivity contribution in [1.29, 1.82) is 0 Å². The summed E-state index contributed by atoms with van der Waals surface area (Å²) < 4.78 is 5.93. The second-order valence-electron chi connectivity index (χ2n) is 4.97. The van der Waals surface area contributed by atoms with Gasteiger partial charge in [-0.2, -0.15) is 0 Å². The number of hydrogen-bond donors (Lipinski definition) is 1. The van der Waals surface area contributed by atoms with E-state index in [1.54, 1.807) is 0 Å². The highest BCUT2D eigenvalue weighted by Gasteiger charge is 2.06.